The number of rotatable bonds is 7. The van der Waals surface area contributed by atoms with Crippen molar-refractivity contribution in [1.82, 2.24) is 0 Å². The van der Waals surface area contributed by atoms with Crippen molar-refractivity contribution in [3.8, 4) is 0 Å². The molecule has 0 fully saturated rings. The minimum atomic E-state index is -0.891. The highest BCUT2D eigenvalue weighted by molar-refractivity contribution is 5.65. The predicted octanol–water partition coefficient (Wildman–Crippen LogP) is 0.200. The van der Waals surface area contributed by atoms with Gasteiger partial charge in [0.25, 0.3) is 0 Å². The standard InChI is InChI=1S/C9H15NO4/c1-3-7(5-11)13-6-8(4-2)14-9(10)12/h3-4,7-8,11H,1-2,5-6H2,(H2,10,12)/t7?,8-/m0/s1. The molecule has 0 aliphatic rings. The Morgan fingerprint density at radius 1 is 1.43 bits per heavy atom. The van der Waals surface area contributed by atoms with Crippen LogP contribution >= 0.6 is 0 Å². The molecule has 3 N–H and O–H groups in total. The van der Waals surface area contributed by atoms with Gasteiger partial charge in [0.15, 0.2) is 0 Å². The van der Waals surface area contributed by atoms with Crippen LogP contribution in [0.15, 0.2) is 25.3 Å². The number of nitrogens with two attached hydrogens (primary N) is 1. The van der Waals surface area contributed by atoms with E-state index in [1.807, 2.05) is 0 Å². The maximum absolute atomic E-state index is 10.4. The molecule has 0 aromatic rings. The molecule has 0 radical (unpaired) electrons. The van der Waals surface area contributed by atoms with E-state index in [-0.39, 0.29) is 13.2 Å². The van der Waals surface area contributed by atoms with Crippen molar-refractivity contribution in [1.29, 1.82) is 0 Å². The number of aliphatic hydroxyl groups excluding tert-OH is 1. The maximum Gasteiger partial charge on any atom is 0.405 e. The maximum atomic E-state index is 10.4. The lowest BCUT2D eigenvalue weighted by Gasteiger charge is -2.16. The first-order valence-corrected chi connectivity index (χ1v) is 4.07. The molecule has 0 heterocycles. The molecular formula is C9H15NO4. The van der Waals surface area contributed by atoms with E-state index in [2.05, 4.69) is 17.9 Å². The normalized spacial score (nSPS) is 14.1. The molecule has 2 atom stereocenters. The minimum Gasteiger partial charge on any atom is -0.440 e. The van der Waals surface area contributed by atoms with Gasteiger partial charge in [0.05, 0.1) is 19.3 Å². The Labute approximate surface area is 82.8 Å². The second kappa shape index (κ2) is 7.11. The Bertz CT molecular complexity index is 205. The van der Waals surface area contributed by atoms with Crippen LogP contribution in [0.4, 0.5) is 4.79 Å². The number of amides is 1. The van der Waals surface area contributed by atoms with Crippen LogP contribution in [-0.4, -0.2) is 36.6 Å². The third-order valence-electron chi connectivity index (χ3n) is 1.45. The molecule has 0 aromatic carbocycles. The molecule has 80 valence electrons. The number of primary amides is 1. The van der Waals surface area contributed by atoms with Gasteiger partial charge in [-0.05, 0) is 6.08 Å². The van der Waals surface area contributed by atoms with Crippen molar-refractivity contribution < 1.29 is 19.4 Å². The monoisotopic (exact) mass is 201 g/mol. The molecule has 0 aliphatic carbocycles. The summed E-state index contributed by atoms with van der Waals surface area (Å²) >= 11 is 0. The summed E-state index contributed by atoms with van der Waals surface area (Å²) in [5.74, 6) is 0. The summed E-state index contributed by atoms with van der Waals surface area (Å²) in [4.78, 5) is 10.4. The van der Waals surface area contributed by atoms with Crippen LogP contribution in [0.3, 0.4) is 0 Å². The SMILES string of the molecule is C=CC(CO)OC[C@H](C=C)OC(N)=O. The van der Waals surface area contributed by atoms with Crippen LogP contribution in [0.25, 0.3) is 0 Å². The summed E-state index contributed by atoms with van der Waals surface area (Å²) in [5.41, 5.74) is 4.81. The van der Waals surface area contributed by atoms with Crippen LogP contribution in [0.5, 0.6) is 0 Å². The second-order valence-electron chi connectivity index (χ2n) is 2.50. The lowest BCUT2D eigenvalue weighted by Crippen LogP contribution is -2.28. The van der Waals surface area contributed by atoms with Crippen molar-refractivity contribution in [3.05, 3.63) is 25.3 Å². The first kappa shape index (κ1) is 12.7. The Morgan fingerprint density at radius 2 is 2.00 bits per heavy atom. The van der Waals surface area contributed by atoms with Gasteiger partial charge in [-0.1, -0.05) is 12.7 Å². The number of hydrogen-bond donors (Lipinski definition) is 2. The third kappa shape index (κ3) is 5.34. The van der Waals surface area contributed by atoms with Gasteiger partial charge in [-0.15, -0.1) is 6.58 Å². The number of ether oxygens (including phenoxy) is 2. The first-order chi connectivity index (χ1) is 6.63. The van der Waals surface area contributed by atoms with Crippen molar-refractivity contribution in [3.63, 3.8) is 0 Å². The van der Waals surface area contributed by atoms with Crippen molar-refractivity contribution in [2.75, 3.05) is 13.2 Å². The molecule has 0 spiro atoms. The zero-order chi connectivity index (χ0) is 11.0. The summed E-state index contributed by atoms with van der Waals surface area (Å²) < 4.78 is 9.74. The largest absolute Gasteiger partial charge is 0.440 e. The van der Waals surface area contributed by atoms with Gasteiger partial charge in [0.2, 0.25) is 0 Å². The Kier molecular flexibility index (Phi) is 6.43. The molecule has 14 heavy (non-hydrogen) atoms. The molecule has 5 heteroatoms. The van der Waals surface area contributed by atoms with Crippen molar-refractivity contribution in [2.45, 2.75) is 12.2 Å². The van der Waals surface area contributed by atoms with Gasteiger partial charge in [-0.3, -0.25) is 0 Å². The molecule has 0 bridgehead atoms. The second-order valence-corrected chi connectivity index (χ2v) is 2.50. The molecule has 0 saturated carbocycles. The van der Waals surface area contributed by atoms with Crippen LogP contribution < -0.4 is 5.73 Å². The lowest BCUT2D eigenvalue weighted by molar-refractivity contribution is -0.00135. The molecule has 1 unspecified atom stereocenters. The highest BCUT2D eigenvalue weighted by Crippen LogP contribution is 1.99. The molecule has 0 rings (SSSR count). The number of aliphatic hydroxyl groups is 1. The summed E-state index contributed by atoms with van der Waals surface area (Å²) in [6, 6.07) is 0. The van der Waals surface area contributed by atoms with Crippen LogP contribution in [0.2, 0.25) is 0 Å². The van der Waals surface area contributed by atoms with Gasteiger partial charge in [-0.25, -0.2) is 4.79 Å². The Morgan fingerprint density at radius 3 is 2.36 bits per heavy atom. The minimum absolute atomic E-state index is 0.0870. The summed E-state index contributed by atoms with van der Waals surface area (Å²) in [6.07, 6.45) is 0.861. The number of hydrogen-bond acceptors (Lipinski definition) is 4. The van der Waals surface area contributed by atoms with Gasteiger partial charge >= 0.3 is 6.09 Å². The fourth-order valence-corrected chi connectivity index (χ4v) is 0.713. The van der Waals surface area contributed by atoms with Crippen molar-refractivity contribution >= 4 is 6.09 Å². The highest BCUT2D eigenvalue weighted by Gasteiger charge is 2.10. The summed E-state index contributed by atoms with van der Waals surface area (Å²) in [6.45, 7) is 6.81. The fourth-order valence-electron chi connectivity index (χ4n) is 0.713. The average Bonchev–Trinajstić information content (AvgIpc) is 2.17. The molecule has 0 saturated heterocycles. The Hall–Kier alpha value is -1.33. The van der Waals surface area contributed by atoms with Gasteiger partial charge in [-0.2, -0.15) is 0 Å². The van der Waals surface area contributed by atoms with Crippen molar-refractivity contribution in [2.24, 2.45) is 5.73 Å². The smallest absolute Gasteiger partial charge is 0.405 e. The molecule has 0 aliphatic heterocycles. The van der Waals surface area contributed by atoms with Gasteiger partial charge in [0, 0.05) is 0 Å². The molecular weight excluding hydrogens is 186 g/mol. The van der Waals surface area contributed by atoms with Crippen LogP contribution in [-0.2, 0) is 9.47 Å². The quantitative estimate of drug-likeness (QED) is 0.576. The number of carbonyl (C=O) groups is 1. The van der Waals surface area contributed by atoms with E-state index < -0.39 is 18.3 Å². The van der Waals surface area contributed by atoms with E-state index in [0.717, 1.165) is 0 Å². The van der Waals surface area contributed by atoms with E-state index in [4.69, 9.17) is 15.6 Å². The summed E-state index contributed by atoms with van der Waals surface area (Å²) in [5, 5.41) is 8.74. The number of carbonyl (C=O) groups excluding carboxylic acids is 1. The molecule has 0 aromatic heterocycles. The van der Waals surface area contributed by atoms with Gasteiger partial charge in [0.1, 0.15) is 6.10 Å². The molecule has 1 amide bonds. The first-order valence-electron chi connectivity index (χ1n) is 4.07. The van der Waals surface area contributed by atoms with E-state index in [1.165, 1.54) is 12.2 Å². The van der Waals surface area contributed by atoms with E-state index >= 15 is 0 Å². The highest BCUT2D eigenvalue weighted by atomic mass is 16.6. The fraction of sp³-hybridized carbons (Fsp3) is 0.444. The summed E-state index contributed by atoms with van der Waals surface area (Å²) in [7, 11) is 0. The average molecular weight is 201 g/mol. The third-order valence-corrected chi connectivity index (χ3v) is 1.45. The zero-order valence-corrected chi connectivity index (χ0v) is 7.89. The predicted molar refractivity (Wildman–Crippen MR) is 51.7 cm³/mol. The molecule has 5 nitrogen and oxygen atoms in total. The Balaban J connectivity index is 3.87. The van der Waals surface area contributed by atoms with Crippen LogP contribution in [0.1, 0.15) is 0 Å². The van der Waals surface area contributed by atoms with E-state index in [9.17, 15) is 4.79 Å². The zero-order valence-electron chi connectivity index (χ0n) is 7.89. The topological polar surface area (TPSA) is 81.8 Å². The van der Waals surface area contributed by atoms with E-state index in [1.54, 1.807) is 0 Å². The van der Waals surface area contributed by atoms with E-state index in [0.29, 0.717) is 0 Å². The van der Waals surface area contributed by atoms with Gasteiger partial charge < -0.3 is 20.3 Å². The van der Waals surface area contributed by atoms with Crippen LogP contribution in [0, 0.1) is 0 Å². The lowest BCUT2D eigenvalue weighted by atomic mass is 10.3.